The second-order valence-corrected chi connectivity index (χ2v) is 3.55. The van der Waals surface area contributed by atoms with Crippen LogP contribution in [0.1, 0.15) is 12.5 Å². The molecule has 2 nitrogen and oxygen atoms in total. The van der Waals surface area contributed by atoms with Gasteiger partial charge >= 0.3 is 0 Å². The molecule has 0 saturated heterocycles. The first-order chi connectivity index (χ1) is 8.40. The van der Waals surface area contributed by atoms with Crippen LogP contribution in [0, 0.1) is 29.1 Å². The number of halogens is 6. The molecule has 8 heteroatoms. The molecular weight excluding hydrogens is 281 g/mol. The molecule has 0 saturated carbocycles. The van der Waals surface area contributed by atoms with Gasteiger partial charge in [-0.3, -0.25) is 0 Å². The molecule has 1 aromatic rings. The molecule has 1 rings (SSSR count). The minimum absolute atomic E-state index is 0.0110. The maximum atomic E-state index is 13.1. The van der Waals surface area contributed by atoms with E-state index in [-0.39, 0.29) is 5.88 Å². The fraction of sp³-hybridized carbons (Fsp3) is 0.300. The van der Waals surface area contributed by atoms with Crippen LogP contribution in [0.25, 0.3) is 0 Å². The van der Waals surface area contributed by atoms with Crippen molar-refractivity contribution in [3.8, 4) is 0 Å². The van der Waals surface area contributed by atoms with E-state index in [0.29, 0.717) is 5.71 Å². The summed E-state index contributed by atoms with van der Waals surface area (Å²) in [5.41, 5.74) is -0.793. The molecule has 100 valence electrons. The summed E-state index contributed by atoms with van der Waals surface area (Å²) < 4.78 is 64.5. The van der Waals surface area contributed by atoms with Gasteiger partial charge in [0.15, 0.2) is 23.3 Å². The Hall–Kier alpha value is -1.37. The normalized spacial score (nSPS) is 11.8. The van der Waals surface area contributed by atoms with Gasteiger partial charge in [-0.25, -0.2) is 22.0 Å². The molecule has 0 heterocycles. The topological polar surface area (TPSA) is 21.6 Å². The van der Waals surface area contributed by atoms with E-state index in [2.05, 4.69) is 9.99 Å². The first kappa shape index (κ1) is 14.7. The van der Waals surface area contributed by atoms with Crippen molar-refractivity contribution in [2.24, 2.45) is 5.16 Å². The third-order valence-corrected chi connectivity index (χ3v) is 2.31. The summed E-state index contributed by atoms with van der Waals surface area (Å²) in [6.45, 7) is 0.575. The van der Waals surface area contributed by atoms with Crippen LogP contribution >= 0.6 is 11.6 Å². The van der Waals surface area contributed by atoms with Crippen LogP contribution in [-0.2, 0) is 11.4 Å². The summed E-state index contributed by atoms with van der Waals surface area (Å²) in [6.07, 6.45) is 0. The first-order valence-electron chi connectivity index (χ1n) is 4.61. The minimum atomic E-state index is -2.21. The third kappa shape index (κ3) is 2.90. The summed E-state index contributed by atoms with van der Waals surface area (Å²) in [4.78, 5) is 4.45. The Balaban J connectivity index is 3.03. The average molecular weight is 288 g/mol. The lowest BCUT2D eigenvalue weighted by molar-refractivity contribution is 0.122. The summed E-state index contributed by atoms with van der Waals surface area (Å²) in [5, 5.41) is 3.31. The van der Waals surface area contributed by atoms with Crippen molar-refractivity contribution in [3.63, 3.8) is 0 Å². The van der Waals surface area contributed by atoms with Gasteiger partial charge in [-0.2, -0.15) is 0 Å². The van der Waals surface area contributed by atoms with Gasteiger partial charge in [-0.15, -0.1) is 11.6 Å². The number of oxime groups is 1. The lowest BCUT2D eigenvalue weighted by Gasteiger charge is -2.07. The molecule has 0 aliphatic heterocycles. The molecule has 0 fully saturated rings. The molecule has 0 aromatic heterocycles. The Kier molecular flexibility index (Phi) is 4.89. The van der Waals surface area contributed by atoms with Crippen molar-refractivity contribution in [1.82, 2.24) is 0 Å². The quantitative estimate of drug-likeness (QED) is 0.207. The molecule has 0 aliphatic carbocycles. The van der Waals surface area contributed by atoms with Crippen LogP contribution in [0.2, 0.25) is 0 Å². The Morgan fingerprint density at radius 3 is 1.89 bits per heavy atom. The monoisotopic (exact) mass is 287 g/mol. The van der Waals surface area contributed by atoms with E-state index >= 15 is 0 Å². The van der Waals surface area contributed by atoms with E-state index in [9.17, 15) is 22.0 Å². The second kappa shape index (κ2) is 5.99. The molecule has 0 spiro atoms. The van der Waals surface area contributed by atoms with Crippen LogP contribution in [0.3, 0.4) is 0 Å². The maximum Gasteiger partial charge on any atom is 0.200 e. The molecule has 0 radical (unpaired) electrons. The zero-order chi connectivity index (χ0) is 13.9. The molecule has 0 atom stereocenters. The van der Waals surface area contributed by atoms with Crippen molar-refractivity contribution in [2.45, 2.75) is 13.5 Å². The highest BCUT2D eigenvalue weighted by Gasteiger charge is 2.25. The van der Waals surface area contributed by atoms with Gasteiger partial charge in [0.2, 0.25) is 5.82 Å². The van der Waals surface area contributed by atoms with Crippen molar-refractivity contribution in [1.29, 1.82) is 0 Å². The van der Waals surface area contributed by atoms with E-state index in [0.717, 1.165) is 0 Å². The fourth-order valence-electron chi connectivity index (χ4n) is 1.01. The number of rotatable bonds is 4. The molecule has 1 aromatic carbocycles. The van der Waals surface area contributed by atoms with Crippen molar-refractivity contribution in [3.05, 3.63) is 34.6 Å². The van der Waals surface area contributed by atoms with Crippen LogP contribution in [0.5, 0.6) is 0 Å². The van der Waals surface area contributed by atoms with Crippen molar-refractivity contribution >= 4 is 17.3 Å². The SMILES string of the molecule is C/C(CCl)=N/OCc1c(F)c(F)c(F)c(F)c1F. The van der Waals surface area contributed by atoms with Crippen molar-refractivity contribution in [2.75, 3.05) is 5.88 Å². The standard InChI is InChI=1S/C10H7ClF5NO/c1-4(2-11)17-18-3-5-6(12)8(14)10(16)9(15)7(5)13/h2-3H2,1H3/b17-4-. The van der Waals surface area contributed by atoms with E-state index < -0.39 is 41.3 Å². The van der Waals surface area contributed by atoms with E-state index in [1.807, 2.05) is 0 Å². The van der Waals surface area contributed by atoms with Crippen LogP contribution < -0.4 is 0 Å². The Morgan fingerprint density at radius 2 is 1.44 bits per heavy atom. The first-order valence-corrected chi connectivity index (χ1v) is 5.15. The van der Waals surface area contributed by atoms with Gasteiger partial charge in [0, 0.05) is 0 Å². The average Bonchev–Trinajstić information content (AvgIpc) is 2.37. The summed E-state index contributed by atoms with van der Waals surface area (Å²) in [7, 11) is 0. The van der Waals surface area contributed by atoms with E-state index in [1.165, 1.54) is 6.92 Å². The molecule has 0 bridgehead atoms. The van der Waals surface area contributed by atoms with E-state index in [4.69, 9.17) is 11.6 Å². The van der Waals surface area contributed by atoms with Gasteiger partial charge < -0.3 is 4.84 Å². The molecule has 0 aliphatic rings. The zero-order valence-electron chi connectivity index (χ0n) is 9.04. The van der Waals surface area contributed by atoms with Crippen LogP contribution in [0.15, 0.2) is 5.16 Å². The highest BCUT2D eigenvalue weighted by molar-refractivity contribution is 6.28. The molecule has 0 amide bonds. The fourth-order valence-corrected chi connectivity index (χ4v) is 1.06. The Labute approximate surface area is 104 Å². The zero-order valence-corrected chi connectivity index (χ0v) is 9.79. The van der Waals surface area contributed by atoms with E-state index in [1.54, 1.807) is 0 Å². The third-order valence-electron chi connectivity index (χ3n) is 1.92. The minimum Gasteiger partial charge on any atom is -0.391 e. The number of hydrogen-bond acceptors (Lipinski definition) is 2. The molecule has 18 heavy (non-hydrogen) atoms. The second-order valence-electron chi connectivity index (χ2n) is 3.28. The predicted molar refractivity (Wildman–Crippen MR) is 54.9 cm³/mol. The van der Waals surface area contributed by atoms with Gasteiger partial charge in [0.25, 0.3) is 0 Å². The number of alkyl halides is 1. The molecule has 0 unspecified atom stereocenters. The van der Waals surface area contributed by atoms with Crippen LogP contribution in [-0.4, -0.2) is 11.6 Å². The van der Waals surface area contributed by atoms with Gasteiger partial charge in [0.05, 0.1) is 17.2 Å². The van der Waals surface area contributed by atoms with Gasteiger partial charge in [0.1, 0.15) is 6.61 Å². The highest BCUT2D eigenvalue weighted by Crippen LogP contribution is 2.23. The maximum absolute atomic E-state index is 13.1. The Bertz CT molecular complexity index is 463. The van der Waals surface area contributed by atoms with Gasteiger partial charge in [-0.05, 0) is 6.92 Å². The smallest absolute Gasteiger partial charge is 0.200 e. The highest BCUT2D eigenvalue weighted by atomic mass is 35.5. The summed E-state index contributed by atoms with van der Waals surface area (Å²) >= 11 is 5.34. The van der Waals surface area contributed by atoms with Crippen molar-refractivity contribution < 1.29 is 26.8 Å². The predicted octanol–water partition coefficient (Wildman–Crippen LogP) is 3.51. The largest absolute Gasteiger partial charge is 0.391 e. The number of nitrogens with zero attached hydrogens (tertiary/aromatic N) is 1. The Morgan fingerprint density at radius 1 is 1.00 bits per heavy atom. The lowest BCUT2D eigenvalue weighted by Crippen LogP contribution is -2.08. The molecular formula is C10H7ClF5NO. The lowest BCUT2D eigenvalue weighted by atomic mass is 10.2. The van der Waals surface area contributed by atoms with Crippen LogP contribution in [0.4, 0.5) is 22.0 Å². The summed E-state index contributed by atoms with van der Waals surface area (Å²) in [5.74, 6) is -10.1. The molecule has 0 N–H and O–H groups in total. The number of hydrogen-bond donors (Lipinski definition) is 0. The number of benzene rings is 1. The summed E-state index contributed by atoms with van der Waals surface area (Å²) in [6, 6.07) is 0. The van der Waals surface area contributed by atoms with Gasteiger partial charge in [-0.1, -0.05) is 5.16 Å².